The smallest absolute Gasteiger partial charge is 0.0638 e. The number of anilines is 1. The Balaban J connectivity index is 2.33. The summed E-state index contributed by atoms with van der Waals surface area (Å²) in [6, 6.07) is 6.23. The minimum Gasteiger partial charge on any atom is -0.397 e. The Morgan fingerprint density at radius 1 is 1.46 bits per heavy atom. The van der Waals surface area contributed by atoms with Gasteiger partial charge >= 0.3 is 0 Å². The molecule has 1 fully saturated rings. The standard InChI is InChI=1S/C10H13ClN2/c11-8-4-1-3-7(10(8)12)9-5-2-6-13-9/h1,3-4,9,13H,2,5-6,12H2. The molecule has 1 aromatic carbocycles. The van der Waals surface area contributed by atoms with Crippen LogP contribution in [0.15, 0.2) is 18.2 Å². The molecule has 0 radical (unpaired) electrons. The van der Waals surface area contributed by atoms with Crippen LogP contribution in [-0.4, -0.2) is 6.54 Å². The first-order valence-electron chi connectivity index (χ1n) is 4.56. The van der Waals surface area contributed by atoms with Crippen LogP contribution in [-0.2, 0) is 0 Å². The van der Waals surface area contributed by atoms with Gasteiger partial charge in [0, 0.05) is 6.04 Å². The molecule has 0 amide bonds. The van der Waals surface area contributed by atoms with E-state index in [4.69, 9.17) is 17.3 Å². The quantitative estimate of drug-likeness (QED) is 0.677. The van der Waals surface area contributed by atoms with E-state index in [-0.39, 0.29) is 0 Å². The van der Waals surface area contributed by atoms with Crippen LogP contribution in [0.4, 0.5) is 5.69 Å². The number of hydrogen-bond donors (Lipinski definition) is 2. The van der Waals surface area contributed by atoms with Crippen molar-refractivity contribution in [3.05, 3.63) is 28.8 Å². The van der Waals surface area contributed by atoms with Gasteiger partial charge in [0.15, 0.2) is 0 Å². The van der Waals surface area contributed by atoms with E-state index in [0.29, 0.717) is 11.1 Å². The molecule has 2 rings (SSSR count). The topological polar surface area (TPSA) is 38.0 Å². The first-order valence-corrected chi connectivity index (χ1v) is 4.94. The largest absolute Gasteiger partial charge is 0.397 e. The van der Waals surface area contributed by atoms with Gasteiger partial charge in [-0.25, -0.2) is 0 Å². The zero-order valence-electron chi connectivity index (χ0n) is 7.39. The van der Waals surface area contributed by atoms with Crippen molar-refractivity contribution in [3.8, 4) is 0 Å². The number of para-hydroxylation sites is 1. The van der Waals surface area contributed by atoms with E-state index in [9.17, 15) is 0 Å². The molecule has 0 spiro atoms. The zero-order valence-corrected chi connectivity index (χ0v) is 8.14. The minimum atomic E-state index is 0.402. The molecule has 0 saturated carbocycles. The number of hydrogen-bond acceptors (Lipinski definition) is 2. The van der Waals surface area contributed by atoms with Gasteiger partial charge in [-0.3, -0.25) is 0 Å². The molecule has 1 atom stereocenters. The normalized spacial score (nSPS) is 22.1. The van der Waals surface area contributed by atoms with Crippen molar-refractivity contribution in [2.45, 2.75) is 18.9 Å². The summed E-state index contributed by atoms with van der Waals surface area (Å²) in [6.45, 7) is 1.08. The molecular formula is C10H13ClN2. The lowest BCUT2D eigenvalue weighted by Crippen LogP contribution is -2.14. The van der Waals surface area contributed by atoms with Gasteiger partial charge in [-0.1, -0.05) is 23.7 Å². The fourth-order valence-corrected chi connectivity index (χ4v) is 1.99. The molecule has 3 N–H and O–H groups in total. The van der Waals surface area contributed by atoms with Crippen molar-refractivity contribution in [2.24, 2.45) is 0 Å². The first-order chi connectivity index (χ1) is 6.29. The lowest BCUT2D eigenvalue weighted by Gasteiger charge is -2.13. The van der Waals surface area contributed by atoms with E-state index in [2.05, 4.69) is 5.32 Å². The van der Waals surface area contributed by atoms with Crippen LogP contribution in [0, 0.1) is 0 Å². The maximum absolute atomic E-state index is 5.94. The summed E-state index contributed by atoms with van der Waals surface area (Å²) in [5, 5.41) is 4.06. The van der Waals surface area contributed by atoms with Gasteiger partial charge in [0.1, 0.15) is 0 Å². The van der Waals surface area contributed by atoms with Gasteiger partial charge in [-0.2, -0.15) is 0 Å². The van der Waals surface area contributed by atoms with Crippen LogP contribution in [0.2, 0.25) is 5.02 Å². The van der Waals surface area contributed by atoms with Crippen LogP contribution in [0.25, 0.3) is 0 Å². The van der Waals surface area contributed by atoms with E-state index in [1.165, 1.54) is 6.42 Å². The van der Waals surface area contributed by atoms with E-state index in [1.807, 2.05) is 18.2 Å². The number of halogens is 1. The van der Waals surface area contributed by atoms with Gasteiger partial charge in [0.2, 0.25) is 0 Å². The van der Waals surface area contributed by atoms with Crippen molar-refractivity contribution in [2.75, 3.05) is 12.3 Å². The Labute approximate surface area is 83.1 Å². The van der Waals surface area contributed by atoms with Crippen molar-refractivity contribution in [1.29, 1.82) is 0 Å². The molecular weight excluding hydrogens is 184 g/mol. The molecule has 1 unspecified atom stereocenters. The number of rotatable bonds is 1. The number of benzene rings is 1. The summed E-state index contributed by atoms with van der Waals surface area (Å²) in [5.41, 5.74) is 7.76. The number of nitrogens with two attached hydrogens (primary N) is 1. The molecule has 0 aliphatic carbocycles. The molecule has 70 valence electrons. The molecule has 1 aliphatic heterocycles. The molecule has 0 bridgehead atoms. The second-order valence-corrected chi connectivity index (χ2v) is 3.80. The molecule has 0 aromatic heterocycles. The van der Waals surface area contributed by atoms with Crippen LogP contribution >= 0.6 is 11.6 Å². The Morgan fingerprint density at radius 2 is 2.31 bits per heavy atom. The van der Waals surface area contributed by atoms with E-state index in [0.717, 1.165) is 24.2 Å². The Kier molecular flexibility index (Phi) is 2.42. The van der Waals surface area contributed by atoms with E-state index in [1.54, 1.807) is 0 Å². The average molecular weight is 197 g/mol. The summed E-state index contributed by atoms with van der Waals surface area (Å²) in [4.78, 5) is 0. The summed E-state index contributed by atoms with van der Waals surface area (Å²) in [7, 11) is 0. The van der Waals surface area contributed by atoms with Gasteiger partial charge in [-0.05, 0) is 31.0 Å². The second-order valence-electron chi connectivity index (χ2n) is 3.39. The van der Waals surface area contributed by atoms with Gasteiger partial charge < -0.3 is 11.1 Å². The van der Waals surface area contributed by atoms with Crippen LogP contribution in [0.1, 0.15) is 24.4 Å². The maximum Gasteiger partial charge on any atom is 0.0638 e. The predicted octanol–water partition coefficient (Wildman–Crippen LogP) is 2.35. The monoisotopic (exact) mass is 196 g/mol. The Hall–Kier alpha value is -0.730. The number of nitrogens with one attached hydrogen (secondary N) is 1. The third-order valence-electron chi connectivity index (χ3n) is 2.52. The van der Waals surface area contributed by atoms with Crippen molar-refractivity contribution < 1.29 is 0 Å². The fourth-order valence-electron chi connectivity index (χ4n) is 1.81. The minimum absolute atomic E-state index is 0.402. The van der Waals surface area contributed by atoms with Crippen molar-refractivity contribution in [3.63, 3.8) is 0 Å². The Morgan fingerprint density at radius 3 is 3.00 bits per heavy atom. The fraction of sp³-hybridized carbons (Fsp3) is 0.400. The lowest BCUT2D eigenvalue weighted by atomic mass is 10.0. The molecule has 2 nitrogen and oxygen atoms in total. The van der Waals surface area contributed by atoms with Gasteiger partial charge in [-0.15, -0.1) is 0 Å². The van der Waals surface area contributed by atoms with Crippen LogP contribution in [0.3, 0.4) is 0 Å². The third kappa shape index (κ3) is 1.64. The van der Waals surface area contributed by atoms with E-state index >= 15 is 0 Å². The SMILES string of the molecule is Nc1c(Cl)cccc1C1CCCN1. The first kappa shape index (κ1) is 8.85. The molecule has 3 heteroatoms. The zero-order chi connectivity index (χ0) is 9.26. The average Bonchev–Trinajstić information content (AvgIpc) is 2.62. The molecule has 1 aromatic rings. The molecule has 1 aliphatic rings. The van der Waals surface area contributed by atoms with Crippen molar-refractivity contribution >= 4 is 17.3 Å². The lowest BCUT2D eigenvalue weighted by molar-refractivity contribution is 0.650. The highest BCUT2D eigenvalue weighted by Crippen LogP contribution is 2.31. The molecule has 1 heterocycles. The number of nitrogen functional groups attached to an aromatic ring is 1. The van der Waals surface area contributed by atoms with Crippen LogP contribution in [0.5, 0.6) is 0 Å². The van der Waals surface area contributed by atoms with Crippen molar-refractivity contribution in [1.82, 2.24) is 5.32 Å². The van der Waals surface area contributed by atoms with Gasteiger partial charge in [0.05, 0.1) is 10.7 Å². The Bertz CT molecular complexity index is 306. The van der Waals surface area contributed by atoms with Crippen LogP contribution < -0.4 is 11.1 Å². The highest BCUT2D eigenvalue weighted by molar-refractivity contribution is 6.33. The molecule has 13 heavy (non-hydrogen) atoms. The highest BCUT2D eigenvalue weighted by atomic mass is 35.5. The second kappa shape index (κ2) is 3.56. The summed E-state index contributed by atoms with van der Waals surface area (Å²) >= 11 is 5.94. The van der Waals surface area contributed by atoms with E-state index < -0.39 is 0 Å². The third-order valence-corrected chi connectivity index (χ3v) is 2.85. The summed E-state index contributed by atoms with van der Waals surface area (Å²) < 4.78 is 0. The molecule has 1 saturated heterocycles. The van der Waals surface area contributed by atoms with Gasteiger partial charge in [0.25, 0.3) is 0 Å². The predicted molar refractivity (Wildman–Crippen MR) is 55.8 cm³/mol. The summed E-state index contributed by atoms with van der Waals surface area (Å²) in [5.74, 6) is 0. The summed E-state index contributed by atoms with van der Waals surface area (Å²) in [6.07, 6.45) is 2.38. The maximum atomic E-state index is 5.94. The highest BCUT2D eigenvalue weighted by Gasteiger charge is 2.18.